The lowest BCUT2D eigenvalue weighted by molar-refractivity contribution is 0.0240. The highest BCUT2D eigenvalue weighted by atomic mass is 16.6. The largest absolute Gasteiger partial charge is 0.444 e. The van der Waals surface area contributed by atoms with Crippen molar-refractivity contribution in [1.29, 1.82) is 5.26 Å². The third kappa shape index (κ3) is 4.53. The van der Waals surface area contributed by atoms with E-state index in [4.69, 9.17) is 4.74 Å². The number of anilines is 1. The Morgan fingerprint density at radius 2 is 1.85 bits per heavy atom. The van der Waals surface area contributed by atoms with E-state index in [-0.39, 0.29) is 6.09 Å². The van der Waals surface area contributed by atoms with E-state index in [0.717, 1.165) is 11.4 Å². The standard InChI is InChI=1S/C20H23N5O2/c1-20(2,3)27-19(26)25-12-10-24(11-13-25)18-15(14-21)7-8-17(23-18)16-6-4-5-9-22-16/h4-9H,10-13H2,1-3H3. The Bertz CT molecular complexity index is 847. The van der Waals surface area contributed by atoms with Gasteiger partial charge in [-0.1, -0.05) is 6.07 Å². The van der Waals surface area contributed by atoms with E-state index in [1.165, 1.54) is 0 Å². The van der Waals surface area contributed by atoms with E-state index in [0.29, 0.717) is 37.6 Å². The van der Waals surface area contributed by atoms with E-state index in [1.54, 1.807) is 23.2 Å². The van der Waals surface area contributed by atoms with Crippen molar-refractivity contribution in [2.24, 2.45) is 0 Å². The van der Waals surface area contributed by atoms with Crippen LogP contribution in [0.25, 0.3) is 11.4 Å². The van der Waals surface area contributed by atoms with Crippen LogP contribution in [-0.4, -0.2) is 52.7 Å². The van der Waals surface area contributed by atoms with Crippen molar-refractivity contribution in [3.8, 4) is 17.5 Å². The molecule has 2 aromatic heterocycles. The number of rotatable bonds is 2. The number of hydrogen-bond acceptors (Lipinski definition) is 6. The molecule has 0 aromatic carbocycles. The lowest BCUT2D eigenvalue weighted by Gasteiger charge is -2.36. The Hall–Kier alpha value is -3.14. The number of carbonyl (C=O) groups is 1. The predicted octanol–water partition coefficient (Wildman–Crippen LogP) is 3.07. The molecule has 7 heteroatoms. The Morgan fingerprint density at radius 1 is 1.11 bits per heavy atom. The number of nitrogens with zero attached hydrogens (tertiary/aromatic N) is 5. The molecule has 1 fully saturated rings. The lowest BCUT2D eigenvalue weighted by Crippen LogP contribution is -2.50. The molecular weight excluding hydrogens is 342 g/mol. The minimum absolute atomic E-state index is 0.308. The van der Waals surface area contributed by atoms with Crippen LogP contribution in [0.1, 0.15) is 26.3 Å². The zero-order chi connectivity index (χ0) is 19.4. The molecule has 1 amide bonds. The zero-order valence-corrected chi connectivity index (χ0v) is 15.8. The van der Waals surface area contributed by atoms with Crippen molar-refractivity contribution >= 4 is 11.9 Å². The van der Waals surface area contributed by atoms with E-state index >= 15 is 0 Å². The third-order valence-corrected chi connectivity index (χ3v) is 4.15. The van der Waals surface area contributed by atoms with Gasteiger partial charge in [-0.2, -0.15) is 5.26 Å². The molecule has 0 bridgehead atoms. The van der Waals surface area contributed by atoms with Crippen LogP contribution in [0, 0.1) is 11.3 Å². The van der Waals surface area contributed by atoms with E-state index < -0.39 is 5.60 Å². The summed E-state index contributed by atoms with van der Waals surface area (Å²) in [5.74, 6) is 0.629. The highest BCUT2D eigenvalue weighted by molar-refractivity contribution is 5.69. The molecule has 7 nitrogen and oxygen atoms in total. The first-order chi connectivity index (χ1) is 12.9. The second-order valence-electron chi connectivity index (χ2n) is 7.35. The van der Waals surface area contributed by atoms with Gasteiger partial charge in [0, 0.05) is 32.4 Å². The van der Waals surface area contributed by atoms with Crippen molar-refractivity contribution in [3.63, 3.8) is 0 Å². The van der Waals surface area contributed by atoms with Crippen LogP contribution in [-0.2, 0) is 4.74 Å². The molecular formula is C20H23N5O2. The van der Waals surface area contributed by atoms with E-state index in [2.05, 4.69) is 16.0 Å². The van der Waals surface area contributed by atoms with Gasteiger partial charge in [-0.25, -0.2) is 9.78 Å². The summed E-state index contributed by atoms with van der Waals surface area (Å²) in [4.78, 5) is 25.0. The maximum Gasteiger partial charge on any atom is 0.410 e. The van der Waals surface area contributed by atoms with Gasteiger partial charge in [0.2, 0.25) is 0 Å². The molecule has 1 saturated heterocycles. The molecule has 2 aromatic rings. The van der Waals surface area contributed by atoms with Crippen LogP contribution in [0.4, 0.5) is 10.6 Å². The molecule has 1 aliphatic rings. The topological polar surface area (TPSA) is 82.3 Å². The molecule has 0 unspecified atom stereocenters. The van der Waals surface area contributed by atoms with Crippen LogP contribution in [0.15, 0.2) is 36.5 Å². The van der Waals surface area contributed by atoms with Crippen molar-refractivity contribution < 1.29 is 9.53 Å². The summed E-state index contributed by atoms with van der Waals surface area (Å²) >= 11 is 0. The molecule has 0 aliphatic carbocycles. The van der Waals surface area contributed by atoms with Gasteiger partial charge < -0.3 is 14.5 Å². The van der Waals surface area contributed by atoms with Crippen LogP contribution in [0.2, 0.25) is 0 Å². The molecule has 3 heterocycles. The van der Waals surface area contributed by atoms with Gasteiger partial charge in [0.1, 0.15) is 17.5 Å². The highest BCUT2D eigenvalue weighted by Gasteiger charge is 2.27. The van der Waals surface area contributed by atoms with Gasteiger partial charge in [-0.3, -0.25) is 4.98 Å². The van der Waals surface area contributed by atoms with Crippen molar-refractivity contribution in [2.75, 3.05) is 31.1 Å². The summed E-state index contributed by atoms with van der Waals surface area (Å²) in [7, 11) is 0. The van der Waals surface area contributed by atoms with Gasteiger partial charge in [0.25, 0.3) is 0 Å². The molecule has 0 N–H and O–H groups in total. The maximum atomic E-state index is 12.2. The van der Waals surface area contributed by atoms with Crippen LogP contribution in [0.5, 0.6) is 0 Å². The highest BCUT2D eigenvalue weighted by Crippen LogP contribution is 2.24. The Morgan fingerprint density at radius 3 is 2.44 bits per heavy atom. The fourth-order valence-electron chi connectivity index (χ4n) is 2.86. The first-order valence-electron chi connectivity index (χ1n) is 8.93. The molecule has 3 rings (SSSR count). The van der Waals surface area contributed by atoms with Gasteiger partial charge in [0.15, 0.2) is 0 Å². The molecule has 0 spiro atoms. The maximum absolute atomic E-state index is 12.2. The molecule has 27 heavy (non-hydrogen) atoms. The quantitative estimate of drug-likeness (QED) is 0.813. The minimum Gasteiger partial charge on any atom is -0.444 e. The van der Waals surface area contributed by atoms with Crippen molar-refractivity contribution in [2.45, 2.75) is 26.4 Å². The predicted molar refractivity (Wildman–Crippen MR) is 102 cm³/mol. The average Bonchev–Trinajstić information content (AvgIpc) is 2.67. The molecule has 0 atom stereocenters. The number of aromatic nitrogens is 2. The summed E-state index contributed by atoms with van der Waals surface area (Å²) in [6.45, 7) is 7.79. The molecule has 140 valence electrons. The van der Waals surface area contributed by atoms with Crippen molar-refractivity contribution in [1.82, 2.24) is 14.9 Å². The fraction of sp³-hybridized carbons (Fsp3) is 0.400. The first kappa shape index (κ1) is 18.6. The Kier molecular flexibility index (Phi) is 5.26. The second-order valence-corrected chi connectivity index (χ2v) is 7.35. The zero-order valence-electron chi connectivity index (χ0n) is 15.8. The number of nitriles is 1. The smallest absolute Gasteiger partial charge is 0.410 e. The van der Waals surface area contributed by atoms with E-state index in [9.17, 15) is 10.1 Å². The Balaban J connectivity index is 1.76. The summed E-state index contributed by atoms with van der Waals surface area (Å²) in [5, 5.41) is 9.46. The number of carbonyl (C=O) groups excluding carboxylic acids is 1. The first-order valence-corrected chi connectivity index (χ1v) is 8.93. The summed E-state index contributed by atoms with van der Waals surface area (Å²) < 4.78 is 5.43. The normalized spacial score (nSPS) is 14.6. The number of pyridine rings is 2. The molecule has 0 radical (unpaired) electrons. The van der Waals surface area contributed by atoms with Gasteiger partial charge >= 0.3 is 6.09 Å². The molecule has 0 saturated carbocycles. The van der Waals surface area contributed by atoms with Gasteiger partial charge in [0.05, 0.1) is 17.0 Å². The van der Waals surface area contributed by atoms with Crippen LogP contribution in [0.3, 0.4) is 0 Å². The Labute approximate surface area is 159 Å². The SMILES string of the molecule is CC(C)(C)OC(=O)N1CCN(c2nc(-c3ccccn3)ccc2C#N)CC1. The molecule has 1 aliphatic heterocycles. The van der Waals surface area contributed by atoms with Gasteiger partial charge in [-0.05, 0) is 45.0 Å². The fourth-order valence-corrected chi connectivity index (χ4v) is 2.86. The lowest BCUT2D eigenvalue weighted by atomic mass is 10.2. The van der Waals surface area contributed by atoms with Gasteiger partial charge in [-0.15, -0.1) is 0 Å². The number of hydrogen-bond donors (Lipinski definition) is 0. The monoisotopic (exact) mass is 365 g/mol. The minimum atomic E-state index is -0.513. The number of amides is 1. The number of piperazine rings is 1. The van der Waals surface area contributed by atoms with Crippen LogP contribution >= 0.6 is 0 Å². The summed E-state index contributed by atoms with van der Waals surface area (Å²) in [6, 6.07) is 11.4. The van der Waals surface area contributed by atoms with Crippen molar-refractivity contribution in [3.05, 3.63) is 42.1 Å². The number of ether oxygens (including phenoxy) is 1. The summed E-state index contributed by atoms with van der Waals surface area (Å²) in [6.07, 6.45) is 1.41. The second kappa shape index (κ2) is 7.62. The van der Waals surface area contributed by atoms with E-state index in [1.807, 2.05) is 43.9 Å². The third-order valence-electron chi connectivity index (χ3n) is 4.15. The van der Waals surface area contributed by atoms with Crippen LogP contribution < -0.4 is 4.90 Å². The summed E-state index contributed by atoms with van der Waals surface area (Å²) in [5.41, 5.74) is 1.48. The average molecular weight is 365 g/mol.